The number of rotatable bonds is 2. The minimum absolute atomic E-state index is 0.120. The number of halogens is 3. The van der Waals surface area contributed by atoms with Gasteiger partial charge in [0.25, 0.3) is 0 Å². The molecule has 0 rings (SSSR count). The summed E-state index contributed by atoms with van der Waals surface area (Å²) in [5, 5.41) is 0. The molecule has 0 spiro atoms. The van der Waals surface area contributed by atoms with E-state index in [0.717, 1.165) is 12.2 Å². The summed E-state index contributed by atoms with van der Waals surface area (Å²) in [4.78, 5) is 0. The maximum absolute atomic E-state index is 12.1. The van der Waals surface area contributed by atoms with E-state index in [1.807, 2.05) is 0 Å². The minimum atomic E-state index is -4.39. The maximum atomic E-state index is 12.1. The molecule has 0 aliphatic carbocycles. The van der Waals surface area contributed by atoms with Gasteiger partial charge in [0.1, 0.15) is 0 Å². The Morgan fingerprint density at radius 2 is 1.92 bits per heavy atom. The van der Waals surface area contributed by atoms with Crippen LogP contribution in [0.15, 0.2) is 36.5 Å². The second kappa shape index (κ2) is 4.56. The lowest BCUT2D eigenvalue weighted by Gasteiger charge is -2.05. The standard InChI is InChI=1S/C10H9F3/c1-4-6-8(3)7-9(5-2)10(11,12)13/h5,7H,2-3H2,1H3/b9-7+. The smallest absolute Gasteiger partial charge is 0.166 e. The van der Waals surface area contributed by atoms with Gasteiger partial charge in [0.2, 0.25) is 0 Å². The van der Waals surface area contributed by atoms with Gasteiger partial charge in [-0.1, -0.05) is 25.2 Å². The van der Waals surface area contributed by atoms with Crippen molar-refractivity contribution in [2.45, 2.75) is 13.1 Å². The summed E-state index contributed by atoms with van der Waals surface area (Å²) in [7, 11) is 0. The molecule has 0 radical (unpaired) electrons. The van der Waals surface area contributed by atoms with Gasteiger partial charge < -0.3 is 0 Å². The maximum Gasteiger partial charge on any atom is 0.416 e. The Bertz CT molecular complexity index is 294. The Balaban J connectivity index is 4.85. The Labute approximate surface area is 75.5 Å². The lowest BCUT2D eigenvalue weighted by atomic mass is 10.1. The van der Waals surface area contributed by atoms with Crippen molar-refractivity contribution in [2.24, 2.45) is 0 Å². The highest BCUT2D eigenvalue weighted by atomic mass is 19.4. The first-order chi connectivity index (χ1) is 5.91. The SMILES string of the molecule is C=C/C(=C\C(=C)C#CC)C(F)(F)F. The first-order valence-electron chi connectivity index (χ1n) is 3.44. The summed E-state index contributed by atoms with van der Waals surface area (Å²) < 4.78 is 36.3. The van der Waals surface area contributed by atoms with Crippen molar-refractivity contribution in [3.63, 3.8) is 0 Å². The molecule has 0 amide bonds. The van der Waals surface area contributed by atoms with Gasteiger partial charge in [0.15, 0.2) is 0 Å². The van der Waals surface area contributed by atoms with E-state index >= 15 is 0 Å². The molecule has 70 valence electrons. The highest BCUT2D eigenvalue weighted by Gasteiger charge is 2.31. The van der Waals surface area contributed by atoms with Crippen molar-refractivity contribution < 1.29 is 13.2 Å². The summed E-state index contributed by atoms with van der Waals surface area (Å²) in [6, 6.07) is 0. The van der Waals surface area contributed by atoms with Crippen LogP contribution in [0, 0.1) is 11.8 Å². The van der Waals surface area contributed by atoms with E-state index < -0.39 is 11.7 Å². The quantitative estimate of drug-likeness (QED) is 0.458. The Kier molecular flexibility index (Phi) is 4.06. The molecule has 0 fully saturated rings. The van der Waals surface area contributed by atoms with Crippen molar-refractivity contribution in [2.75, 3.05) is 0 Å². The van der Waals surface area contributed by atoms with Gasteiger partial charge in [-0.25, -0.2) is 0 Å². The van der Waals surface area contributed by atoms with E-state index in [0.29, 0.717) is 0 Å². The van der Waals surface area contributed by atoms with Crippen LogP contribution in [-0.2, 0) is 0 Å². The van der Waals surface area contributed by atoms with Gasteiger partial charge >= 0.3 is 6.18 Å². The van der Waals surface area contributed by atoms with Crippen molar-refractivity contribution in [1.29, 1.82) is 0 Å². The molecule has 0 unspecified atom stereocenters. The third kappa shape index (κ3) is 4.22. The van der Waals surface area contributed by atoms with Gasteiger partial charge in [0.05, 0.1) is 5.57 Å². The topological polar surface area (TPSA) is 0 Å². The monoisotopic (exact) mass is 186 g/mol. The molecule has 0 bridgehead atoms. The van der Waals surface area contributed by atoms with Crippen LogP contribution in [0.25, 0.3) is 0 Å². The normalized spacial score (nSPS) is 11.5. The Morgan fingerprint density at radius 3 is 2.23 bits per heavy atom. The van der Waals surface area contributed by atoms with E-state index in [9.17, 15) is 13.2 Å². The molecular formula is C10H9F3. The molecule has 0 aromatic rings. The molecule has 0 aromatic carbocycles. The van der Waals surface area contributed by atoms with Crippen molar-refractivity contribution in [3.8, 4) is 11.8 Å². The summed E-state index contributed by atoms with van der Waals surface area (Å²) >= 11 is 0. The molecule has 0 aliphatic heterocycles. The lowest BCUT2D eigenvalue weighted by Crippen LogP contribution is -2.09. The average molecular weight is 186 g/mol. The summed E-state index contributed by atoms with van der Waals surface area (Å²) in [5.41, 5.74) is -0.713. The Morgan fingerprint density at radius 1 is 1.38 bits per heavy atom. The molecule has 3 heteroatoms. The van der Waals surface area contributed by atoms with Crippen molar-refractivity contribution in [3.05, 3.63) is 36.5 Å². The summed E-state index contributed by atoms with van der Waals surface area (Å²) in [6.45, 7) is 7.94. The first-order valence-corrected chi connectivity index (χ1v) is 3.44. The molecule has 0 N–H and O–H groups in total. The molecule has 0 nitrogen and oxygen atoms in total. The molecule has 0 saturated heterocycles. The molecule has 13 heavy (non-hydrogen) atoms. The average Bonchev–Trinajstić information content (AvgIpc) is 1.98. The zero-order valence-electron chi connectivity index (χ0n) is 7.20. The Hall–Kier alpha value is -1.43. The highest BCUT2D eigenvalue weighted by Crippen LogP contribution is 2.26. The molecule has 0 saturated carbocycles. The molecule has 0 heterocycles. The number of hydrogen-bond acceptors (Lipinski definition) is 0. The molecule has 0 aromatic heterocycles. The largest absolute Gasteiger partial charge is 0.416 e. The highest BCUT2D eigenvalue weighted by molar-refractivity contribution is 5.41. The van der Waals surface area contributed by atoms with Gasteiger partial charge in [-0.05, 0) is 13.0 Å². The van der Waals surface area contributed by atoms with E-state index in [1.165, 1.54) is 6.92 Å². The van der Waals surface area contributed by atoms with Crippen LogP contribution in [0.2, 0.25) is 0 Å². The molecule has 0 atom stereocenters. The van der Waals surface area contributed by atoms with Gasteiger partial charge in [0, 0.05) is 5.57 Å². The van der Waals surface area contributed by atoms with Crippen molar-refractivity contribution in [1.82, 2.24) is 0 Å². The van der Waals surface area contributed by atoms with Crippen molar-refractivity contribution >= 4 is 0 Å². The van der Waals surface area contributed by atoms with Crippen LogP contribution in [0.4, 0.5) is 13.2 Å². The van der Waals surface area contributed by atoms with E-state index in [2.05, 4.69) is 25.0 Å². The minimum Gasteiger partial charge on any atom is -0.166 e. The predicted octanol–water partition coefficient (Wildman–Crippen LogP) is 3.24. The first kappa shape index (κ1) is 11.6. The fourth-order valence-corrected chi connectivity index (χ4v) is 0.641. The molecular weight excluding hydrogens is 177 g/mol. The number of hydrogen-bond donors (Lipinski definition) is 0. The second-order valence-corrected chi connectivity index (χ2v) is 2.20. The van der Waals surface area contributed by atoms with Gasteiger partial charge in [-0.15, -0.1) is 5.92 Å². The number of alkyl halides is 3. The summed E-state index contributed by atoms with van der Waals surface area (Å²) in [5.74, 6) is 4.87. The van der Waals surface area contributed by atoms with Crippen LogP contribution in [0.1, 0.15) is 6.92 Å². The summed E-state index contributed by atoms with van der Waals surface area (Å²) in [6.07, 6.45) is -2.79. The third-order valence-corrected chi connectivity index (χ3v) is 1.16. The zero-order valence-corrected chi connectivity index (χ0v) is 7.20. The second-order valence-electron chi connectivity index (χ2n) is 2.20. The van der Waals surface area contributed by atoms with Crippen LogP contribution < -0.4 is 0 Å². The van der Waals surface area contributed by atoms with Crippen LogP contribution in [0.5, 0.6) is 0 Å². The van der Waals surface area contributed by atoms with E-state index in [-0.39, 0.29) is 5.57 Å². The van der Waals surface area contributed by atoms with Gasteiger partial charge in [-0.3, -0.25) is 0 Å². The zero-order chi connectivity index (χ0) is 10.5. The van der Waals surface area contributed by atoms with Crippen LogP contribution in [0.3, 0.4) is 0 Å². The van der Waals surface area contributed by atoms with Crippen LogP contribution in [-0.4, -0.2) is 6.18 Å². The fraction of sp³-hybridized carbons (Fsp3) is 0.200. The third-order valence-electron chi connectivity index (χ3n) is 1.16. The predicted molar refractivity (Wildman–Crippen MR) is 46.9 cm³/mol. The fourth-order valence-electron chi connectivity index (χ4n) is 0.641. The molecule has 0 aliphatic rings. The van der Waals surface area contributed by atoms with E-state index in [4.69, 9.17) is 0 Å². The van der Waals surface area contributed by atoms with Gasteiger partial charge in [-0.2, -0.15) is 13.2 Å². The van der Waals surface area contributed by atoms with Crippen LogP contribution >= 0.6 is 0 Å². The lowest BCUT2D eigenvalue weighted by molar-refractivity contribution is -0.0881. The number of allylic oxidation sites excluding steroid dienone is 4. The van der Waals surface area contributed by atoms with E-state index in [1.54, 1.807) is 0 Å².